The van der Waals surface area contributed by atoms with Gasteiger partial charge in [-0.1, -0.05) is 38.2 Å². The van der Waals surface area contributed by atoms with Crippen molar-refractivity contribution < 1.29 is 0 Å². The predicted molar refractivity (Wildman–Crippen MR) is 67.0 cm³/mol. The minimum Gasteiger partial charge on any atom is -0.179 e. The monoisotopic (exact) mass is 284 g/mol. The molecule has 0 fully saturated rings. The highest BCUT2D eigenvalue weighted by Gasteiger charge is 1.99. The number of hydrogen-bond acceptors (Lipinski definition) is 1. The van der Waals surface area contributed by atoms with Crippen LogP contribution in [0.5, 0.6) is 0 Å². The fraction of sp³-hybridized carbons (Fsp3) is 0.556. The van der Waals surface area contributed by atoms with Crippen molar-refractivity contribution in [1.82, 2.24) is 0 Å². The van der Waals surface area contributed by atoms with Crippen LogP contribution in [-0.4, -0.2) is 5.75 Å². The molecule has 11 heavy (non-hydrogen) atoms. The maximum absolute atomic E-state index is 4.18. The summed E-state index contributed by atoms with van der Waals surface area (Å²) >= 11 is 4.18. The zero-order valence-electron chi connectivity index (χ0n) is 7.16. The third-order valence-corrected chi connectivity index (χ3v) is 1.77. The second kappa shape index (κ2) is 10.6. The molecule has 0 radical (unpaired) electrons. The van der Waals surface area contributed by atoms with E-state index in [2.05, 4.69) is 36.9 Å². The minimum absolute atomic E-state index is 0. The summed E-state index contributed by atoms with van der Waals surface area (Å²) in [4.78, 5) is 0. The molecule has 0 bridgehead atoms. The standard InChI is InChI=1S/C7H10S.C2H6.HI/c8-6-7-4-2-1-3-5-7;1-2;/h1-4,7-8H,5-6H2;1-2H3;1H. The van der Waals surface area contributed by atoms with Crippen molar-refractivity contribution in [3.8, 4) is 0 Å². The van der Waals surface area contributed by atoms with Gasteiger partial charge < -0.3 is 0 Å². The average molecular weight is 284 g/mol. The van der Waals surface area contributed by atoms with Crippen LogP contribution in [0.3, 0.4) is 0 Å². The Hall–Kier alpha value is 0.560. The van der Waals surface area contributed by atoms with Crippen LogP contribution >= 0.6 is 36.6 Å². The number of halogens is 1. The zero-order chi connectivity index (χ0) is 7.82. The lowest BCUT2D eigenvalue weighted by molar-refractivity contribution is 0.751. The Bertz CT molecular complexity index is 119. The van der Waals surface area contributed by atoms with Gasteiger partial charge in [0.25, 0.3) is 0 Å². The highest BCUT2D eigenvalue weighted by atomic mass is 127. The molecule has 0 aromatic heterocycles. The van der Waals surface area contributed by atoms with Gasteiger partial charge in [-0.2, -0.15) is 12.6 Å². The molecule has 0 saturated heterocycles. The van der Waals surface area contributed by atoms with Gasteiger partial charge >= 0.3 is 0 Å². The fourth-order valence-electron chi connectivity index (χ4n) is 0.767. The molecule has 0 heterocycles. The molecule has 1 rings (SSSR count). The Morgan fingerprint density at radius 2 is 2.00 bits per heavy atom. The zero-order valence-corrected chi connectivity index (χ0v) is 10.4. The second-order valence-corrected chi connectivity index (χ2v) is 2.36. The number of allylic oxidation sites excluding steroid dienone is 4. The molecule has 1 atom stereocenters. The van der Waals surface area contributed by atoms with E-state index in [1.54, 1.807) is 0 Å². The Labute approximate surface area is 92.6 Å². The molecule has 0 aromatic rings. The van der Waals surface area contributed by atoms with Gasteiger partial charge in [-0.25, -0.2) is 0 Å². The fourth-order valence-corrected chi connectivity index (χ4v) is 1.04. The summed E-state index contributed by atoms with van der Waals surface area (Å²) in [6, 6.07) is 0. The number of hydrogen-bond donors (Lipinski definition) is 1. The normalized spacial score (nSPS) is 19.7. The molecule has 0 amide bonds. The molecule has 66 valence electrons. The van der Waals surface area contributed by atoms with Crippen molar-refractivity contribution in [2.75, 3.05) is 5.75 Å². The highest BCUT2D eigenvalue weighted by Crippen LogP contribution is 2.11. The molecule has 0 spiro atoms. The number of thiol groups is 1. The van der Waals surface area contributed by atoms with E-state index in [1.165, 1.54) is 6.42 Å². The lowest BCUT2D eigenvalue weighted by atomic mass is 10.0. The second-order valence-electron chi connectivity index (χ2n) is 1.99. The summed E-state index contributed by atoms with van der Waals surface area (Å²) < 4.78 is 0. The van der Waals surface area contributed by atoms with Crippen molar-refractivity contribution in [1.29, 1.82) is 0 Å². The van der Waals surface area contributed by atoms with E-state index in [0.717, 1.165) is 5.75 Å². The summed E-state index contributed by atoms with van der Waals surface area (Å²) in [5, 5.41) is 0. The Balaban J connectivity index is 0. The maximum Gasteiger partial charge on any atom is -0.00317 e. The van der Waals surface area contributed by atoms with Gasteiger partial charge in [0.05, 0.1) is 0 Å². The van der Waals surface area contributed by atoms with Gasteiger partial charge in [-0.3, -0.25) is 0 Å². The van der Waals surface area contributed by atoms with E-state index in [4.69, 9.17) is 0 Å². The van der Waals surface area contributed by atoms with Crippen LogP contribution in [0.15, 0.2) is 24.3 Å². The molecular weight excluding hydrogens is 267 g/mol. The first-order valence-electron chi connectivity index (χ1n) is 3.87. The lowest BCUT2D eigenvalue weighted by Gasteiger charge is -2.06. The smallest absolute Gasteiger partial charge is 0.00317 e. The average Bonchev–Trinajstić information content (AvgIpc) is 2.10. The summed E-state index contributed by atoms with van der Waals surface area (Å²) in [5.41, 5.74) is 0. The highest BCUT2D eigenvalue weighted by molar-refractivity contribution is 14.0. The van der Waals surface area contributed by atoms with Crippen molar-refractivity contribution in [3.63, 3.8) is 0 Å². The van der Waals surface area contributed by atoms with Crippen molar-refractivity contribution in [3.05, 3.63) is 24.3 Å². The summed E-state index contributed by atoms with van der Waals surface area (Å²) in [6.07, 6.45) is 9.72. The third kappa shape index (κ3) is 6.94. The molecule has 0 aromatic carbocycles. The van der Waals surface area contributed by atoms with Crippen LogP contribution in [0.1, 0.15) is 20.3 Å². The molecule has 2 heteroatoms. The van der Waals surface area contributed by atoms with E-state index >= 15 is 0 Å². The first kappa shape index (κ1) is 14.1. The first-order chi connectivity index (χ1) is 4.93. The van der Waals surface area contributed by atoms with Gasteiger partial charge in [0, 0.05) is 0 Å². The van der Waals surface area contributed by atoms with E-state index in [0.29, 0.717) is 5.92 Å². The summed E-state index contributed by atoms with van der Waals surface area (Å²) in [5.74, 6) is 1.66. The molecule has 0 N–H and O–H groups in total. The van der Waals surface area contributed by atoms with Crippen molar-refractivity contribution in [2.45, 2.75) is 20.3 Å². The SMILES string of the molecule is CC.I.SCC1C=CC=CC1. The quantitative estimate of drug-likeness (QED) is 0.551. The lowest BCUT2D eigenvalue weighted by Crippen LogP contribution is -1.97. The van der Waals surface area contributed by atoms with Gasteiger partial charge in [0.2, 0.25) is 0 Å². The van der Waals surface area contributed by atoms with Crippen LogP contribution in [0.25, 0.3) is 0 Å². The van der Waals surface area contributed by atoms with Crippen LogP contribution in [0.4, 0.5) is 0 Å². The minimum atomic E-state index is 0. The molecular formula is C9H17IS. The molecule has 0 saturated carbocycles. The third-order valence-electron chi connectivity index (χ3n) is 1.30. The predicted octanol–water partition coefficient (Wildman–Crippen LogP) is 3.69. The van der Waals surface area contributed by atoms with Gasteiger partial charge in [-0.05, 0) is 18.1 Å². The topological polar surface area (TPSA) is 0 Å². The van der Waals surface area contributed by atoms with Gasteiger partial charge in [0.1, 0.15) is 0 Å². The Morgan fingerprint density at radius 3 is 2.27 bits per heavy atom. The van der Waals surface area contributed by atoms with Crippen LogP contribution in [-0.2, 0) is 0 Å². The first-order valence-corrected chi connectivity index (χ1v) is 4.51. The van der Waals surface area contributed by atoms with Crippen molar-refractivity contribution in [2.24, 2.45) is 5.92 Å². The Morgan fingerprint density at radius 1 is 1.36 bits per heavy atom. The largest absolute Gasteiger partial charge is 0.179 e. The van der Waals surface area contributed by atoms with E-state index < -0.39 is 0 Å². The molecule has 1 aliphatic carbocycles. The maximum atomic E-state index is 4.18. The summed E-state index contributed by atoms with van der Waals surface area (Å²) in [6.45, 7) is 4.00. The van der Waals surface area contributed by atoms with E-state index in [1.807, 2.05) is 13.8 Å². The van der Waals surface area contributed by atoms with Crippen LogP contribution in [0.2, 0.25) is 0 Å². The van der Waals surface area contributed by atoms with E-state index in [9.17, 15) is 0 Å². The molecule has 0 aliphatic heterocycles. The Kier molecular flexibility index (Phi) is 13.5. The number of rotatable bonds is 1. The van der Waals surface area contributed by atoms with Gasteiger partial charge in [0.15, 0.2) is 0 Å². The van der Waals surface area contributed by atoms with Gasteiger partial charge in [-0.15, -0.1) is 24.0 Å². The van der Waals surface area contributed by atoms with Crippen LogP contribution < -0.4 is 0 Å². The summed E-state index contributed by atoms with van der Waals surface area (Å²) in [7, 11) is 0. The molecule has 1 unspecified atom stereocenters. The van der Waals surface area contributed by atoms with Crippen molar-refractivity contribution >= 4 is 36.6 Å². The molecule has 1 aliphatic rings. The molecule has 0 nitrogen and oxygen atoms in total. The van der Waals surface area contributed by atoms with E-state index in [-0.39, 0.29) is 24.0 Å². The van der Waals surface area contributed by atoms with Crippen LogP contribution in [0, 0.1) is 5.92 Å².